The van der Waals surface area contributed by atoms with Crippen molar-refractivity contribution in [1.29, 1.82) is 0 Å². The van der Waals surface area contributed by atoms with E-state index in [1.807, 2.05) is 12.2 Å². The van der Waals surface area contributed by atoms with Gasteiger partial charge in [0, 0.05) is 30.8 Å². The minimum absolute atomic E-state index is 0.110. The molecule has 2 unspecified atom stereocenters. The highest BCUT2D eigenvalue weighted by atomic mass is 16.7. The van der Waals surface area contributed by atoms with E-state index in [0.29, 0.717) is 30.3 Å². The molecular weight excluding hydrogens is 496 g/mol. The summed E-state index contributed by atoms with van der Waals surface area (Å²) in [7, 11) is 0. The first kappa shape index (κ1) is 28.7. The summed E-state index contributed by atoms with van der Waals surface area (Å²) < 4.78 is 25.5. The standard InChI is InChI=1S/C32H46O7/c1-6-26-21(4)12-13-32(39-26)16-24-15-23(38-32)11-10-20(3)14-19(2)8-7-9-22-18-36-28-27(22)25(30(34)37-24)17-31(5,35)29(28)33/h7-10,17,19,21,23-24,26-29,33,35H,6,11-16,18H2,1-5H3/b8-7+,20-10+,22-9+/t19-,21-,23+,24-,26+,27?,28?,29-,31+,32+/m0/s1. The van der Waals surface area contributed by atoms with Gasteiger partial charge in [0.25, 0.3) is 0 Å². The number of aliphatic hydroxyl groups excluding tert-OH is 1. The maximum atomic E-state index is 13.8. The Balaban J connectivity index is 1.50. The molecular formula is C32H46O7. The number of carbonyl (C=O) groups is 1. The molecule has 5 rings (SSSR count). The lowest BCUT2D eigenvalue weighted by Gasteiger charge is -2.49. The van der Waals surface area contributed by atoms with E-state index >= 15 is 0 Å². The molecule has 10 atom stereocenters. The molecule has 0 amide bonds. The van der Waals surface area contributed by atoms with Crippen LogP contribution in [0, 0.1) is 17.8 Å². The van der Waals surface area contributed by atoms with Gasteiger partial charge in [0.1, 0.15) is 17.8 Å². The summed E-state index contributed by atoms with van der Waals surface area (Å²) in [4.78, 5) is 13.8. The van der Waals surface area contributed by atoms with E-state index in [2.05, 4.69) is 39.8 Å². The normalized spacial score (nSPS) is 48.7. The molecule has 1 aliphatic carbocycles. The molecule has 0 aromatic rings. The second-order valence-corrected chi connectivity index (χ2v) is 12.8. The highest BCUT2D eigenvalue weighted by Crippen LogP contribution is 2.46. The van der Waals surface area contributed by atoms with Gasteiger partial charge in [-0.25, -0.2) is 4.79 Å². The molecule has 39 heavy (non-hydrogen) atoms. The second kappa shape index (κ2) is 11.2. The summed E-state index contributed by atoms with van der Waals surface area (Å²) in [6.07, 6.45) is 13.1. The highest BCUT2D eigenvalue weighted by Gasteiger charge is 2.53. The Morgan fingerprint density at radius 2 is 1.97 bits per heavy atom. The van der Waals surface area contributed by atoms with Crippen molar-refractivity contribution in [2.45, 2.75) is 121 Å². The molecule has 3 fully saturated rings. The molecule has 2 bridgehead atoms. The summed E-state index contributed by atoms with van der Waals surface area (Å²) >= 11 is 0. The van der Waals surface area contributed by atoms with Gasteiger partial charge in [-0.2, -0.15) is 0 Å². The Hall–Kier alpha value is -1.77. The van der Waals surface area contributed by atoms with Crippen molar-refractivity contribution in [3.05, 3.63) is 47.1 Å². The van der Waals surface area contributed by atoms with Crippen LogP contribution in [0.1, 0.15) is 79.6 Å². The van der Waals surface area contributed by atoms with Crippen molar-refractivity contribution < 1.29 is 34.0 Å². The van der Waals surface area contributed by atoms with E-state index in [4.69, 9.17) is 18.9 Å². The number of carbonyl (C=O) groups excluding carboxylic acids is 1. The van der Waals surface area contributed by atoms with Crippen LogP contribution in [0.2, 0.25) is 0 Å². The summed E-state index contributed by atoms with van der Waals surface area (Å²) in [5.74, 6) is -0.915. The lowest BCUT2D eigenvalue weighted by atomic mass is 9.74. The maximum Gasteiger partial charge on any atom is 0.334 e. The van der Waals surface area contributed by atoms with E-state index in [1.165, 1.54) is 18.6 Å². The SMILES string of the molecule is CC[C@H]1O[C@]2(CC[C@@H]1C)C[C@@H]1C[C@@H](C/C=C(\C)C[C@@H](C)/C=C/C=C3\COC4C3C(=C[C@@](C)(O)[C@H]4O)C(=O)O1)O2. The number of rotatable bonds is 1. The van der Waals surface area contributed by atoms with Crippen molar-refractivity contribution >= 4 is 5.97 Å². The fraction of sp³-hybridized carbons (Fsp3) is 0.719. The van der Waals surface area contributed by atoms with Crippen LogP contribution in [0.3, 0.4) is 0 Å². The van der Waals surface area contributed by atoms with Gasteiger partial charge in [0.15, 0.2) is 5.79 Å². The Bertz CT molecular complexity index is 1050. The minimum atomic E-state index is -1.60. The zero-order valence-electron chi connectivity index (χ0n) is 24.1. The molecule has 4 aliphatic heterocycles. The minimum Gasteiger partial charge on any atom is -0.459 e. The molecule has 4 heterocycles. The first-order valence-corrected chi connectivity index (χ1v) is 14.8. The summed E-state index contributed by atoms with van der Waals surface area (Å²) in [5.41, 5.74) is 0.956. The first-order chi connectivity index (χ1) is 18.5. The number of fused-ring (bicyclic) bond motifs is 2. The third kappa shape index (κ3) is 5.98. The van der Waals surface area contributed by atoms with Gasteiger partial charge in [-0.05, 0) is 63.0 Å². The molecule has 3 saturated heterocycles. The van der Waals surface area contributed by atoms with Crippen LogP contribution in [-0.4, -0.2) is 64.7 Å². The van der Waals surface area contributed by atoms with E-state index < -0.39 is 35.5 Å². The van der Waals surface area contributed by atoms with Gasteiger partial charge in [-0.1, -0.05) is 50.6 Å². The fourth-order valence-electron chi connectivity index (χ4n) is 7.14. The van der Waals surface area contributed by atoms with Crippen LogP contribution in [0.5, 0.6) is 0 Å². The number of hydrogen-bond donors (Lipinski definition) is 2. The van der Waals surface area contributed by atoms with E-state index in [-0.39, 0.29) is 24.9 Å². The Morgan fingerprint density at radius 1 is 1.18 bits per heavy atom. The van der Waals surface area contributed by atoms with Gasteiger partial charge >= 0.3 is 5.97 Å². The zero-order chi connectivity index (χ0) is 27.9. The molecule has 0 saturated carbocycles. The van der Waals surface area contributed by atoms with Gasteiger partial charge in [-0.3, -0.25) is 0 Å². The lowest BCUT2D eigenvalue weighted by molar-refractivity contribution is -0.334. The first-order valence-electron chi connectivity index (χ1n) is 14.8. The highest BCUT2D eigenvalue weighted by molar-refractivity contribution is 5.91. The van der Waals surface area contributed by atoms with Crippen LogP contribution in [0.25, 0.3) is 0 Å². The molecule has 2 N–H and O–H groups in total. The topological polar surface area (TPSA) is 94.5 Å². The number of allylic oxidation sites excluding steroid dienone is 4. The van der Waals surface area contributed by atoms with Crippen molar-refractivity contribution in [2.75, 3.05) is 6.61 Å². The van der Waals surface area contributed by atoms with Crippen LogP contribution in [-0.2, 0) is 23.7 Å². The molecule has 0 aromatic heterocycles. The van der Waals surface area contributed by atoms with Crippen LogP contribution in [0.15, 0.2) is 47.1 Å². The average Bonchev–Trinajstić information content (AvgIpc) is 3.30. The Kier molecular flexibility index (Phi) is 8.29. The van der Waals surface area contributed by atoms with Gasteiger partial charge in [0.05, 0.1) is 24.9 Å². The number of aliphatic hydroxyl groups is 2. The molecule has 5 aliphatic rings. The van der Waals surface area contributed by atoms with E-state index in [0.717, 1.165) is 37.7 Å². The summed E-state index contributed by atoms with van der Waals surface area (Å²) in [5, 5.41) is 21.9. The molecule has 216 valence electrons. The van der Waals surface area contributed by atoms with Crippen molar-refractivity contribution in [2.24, 2.45) is 17.8 Å². The van der Waals surface area contributed by atoms with Gasteiger partial charge in [0.2, 0.25) is 0 Å². The summed E-state index contributed by atoms with van der Waals surface area (Å²) in [6, 6.07) is 0. The number of ether oxygens (including phenoxy) is 4. The average molecular weight is 543 g/mol. The lowest BCUT2D eigenvalue weighted by Crippen LogP contribution is -2.55. The van der Waals surface area contributed by atoms with Crippen LogP contribution >= 0.6 is 0 Å². The van der Waals surface area contributed by atoms with E-state index in [1.54, 1.807) is 0 Å². The molecule has 0 aromatic carbocycles. The smallest absolute Gasteiger partial charge is 0.334 e. The number of esters is 1. The molecule has 7 nitrogen and oxygen atoms in total. The summed E-state index contributed by atoms with van der Waals surface area (Å²) in [6.45, 7) is 10.5. The largest absolute Gasteiger partial charge is 0.459 e. The van der Waals surface area contributed by atoms with Gasteiger partial charge in [-0.15, -0.1) is 0 Å². The monoisotopic (exact) mass is 542 g/mol. The predicted octanol–water partition coefficient (Wildman–Crippen LogP) is 4.92. The van der Waals surface area contributed by atoms with Crippen molar-refractivity contribution in [3.63, 3.8) is 0 Å². The predicted molar refractivity (Wildman–Crippen MR) is 148 cm³/mol. The molecule has 1 spiro atoms. The van der Waals surface area contributed by atoms with Crippen LogP contribution in [0.4, 0.5) is 0 Å². The fourth-order valence-corrected chi connectivity index (χ4v) is 7.14. The Morgan fingerprint density at radius 3 is 2.74 bits per heavy atom. The quantitative estimate of drug-likeness (QED) is 0.359. The third-order valence-electron chi connectivity index (χ3n) is 9.33. The second-order valence-electron chi connectivity index (χ2n) is 12.8. The van der Waals surface area contributed by atoms with E-state index in [9.17, 15) is 15.0 Å². The van der Waals surface area contributed by atoms with Crippen LogP contribution < -0.4 is 0 Å². The molecule has 7 heteroatoms. The Labute approximate surface area is 232 Å². The van der Waals surface area contributed by atoms with Gasteiger partial charge < -0.3 is 29.2 Å². The van der Waals surface area contributed by atoms with Crippen molar-refractivity contribution in [3.8, 4) is 0 Å². The maximum absolute atomic E-state index is 13.8. The zero-order valence-corrected chi connectivity index (χ0v) is 24.1. The third-order valence-corrected chi connectivity index (χ3v) is 9.33. The van der Waals surface area contributed by atoms with Crippen molar-refractivity contribution in [1.82, 2.24) is 0 Å². The number of hydrogen-bond acceptors (Lipinski definition) is 7. The molecule has 0 radical (unpaired) electrons.